The maximum Gasteiger partial charge on any atom is 0.0726 e. The Morgan fingerprint density at radius 3 is 3.16 bits per heavy atom. The van der Waals surface area contributed by atoms with Gasteiger partial charge in [-0.3, -0.25) is 0 Å². The minimum absolute atomic E-state index is 0.380. The zero-order valence-corrected chi connectivity index (χ0v) is 13.0. The Labute approximate surface area is 123 Å². The van der Waals surface area contributed by atoms with E-state index in [2.05, 4.69) is 40.3 Å². The molecule has 2 atom stereocenters. The third-order valence-electron chi connectivity index (χ3n) is 3.39. The molecule has 0 bridgehead atoms. The SMILES string of the molecule is CC(NCCOCc1cccc(Br)c1)C1CCCO1. The second kappa shape index (κ2) is 8.00. The number of hydrogen-bond donors (Lipinski definition) is 1. The molecular formula is C15H22BrNO2. The molecule has 1 aliphatic heterocycles. The molecule has 1 aromatic rings. The molecule has 0 aromatic heterocycles. The zero-order valence-electron chi connectivity index (χ0n) is 11.4. The molecule has 0 radical (unpaired) electrons. The molecule has 2 unspecified atom stereocenters. The molecule has 1 N–H and O–H groups in total. The van der Waals surface area contributed by atoms with Crippen LogP contribution in [-0.2, 0) is 16.1 Å². The lowest BCUT2D eigenvalue weighted by molar-refractivity contribution is 0.0751. The Bertz CT molecular complexity index is 380. The Hall–Kier alpha value is -0.420. The number of benzene rings is 1. The van der Waals surface area contributed by atoms with E-state index in [4.69, 9.17) is 9.47 Å². The molecule has 106 valence electrons. The molecule has 1 saturated heterocycles. The van der Waals surface area contributed by atoms with Crippen molar-refractivity contribution in [2.45, 2.75) is 38.5 Å². The van der Waals surface area contributed by atoms with Gasteiger partial charge in [0, 0.05) is 23.7 Å². The summed E-state index contributed by atoms with van der Waals surface area (Å²) in [6.45, 7) is 5.36. The number of halogens is 1. The van der Waals surface area contributed by atoms with Crippen LogP contribution in [0, 0.1) is 0 Å². The first-order chi connectivity index (χ1) is 9.25. The molecule has 1 fully saturated rings. The normalized spacial score (nSPS) is 20.6. The molecule has 0 aliphatic carbocycles. The minimum atomic E-state index is 0.380. The maximum absolute atomic E-state index is 5.66. The van der Waals surface area contributed by atoms with Gasteiger partial charge in [-0.25, -0.2) is 0 Å². The first-order valence-corrected chi connectivity index (χ1v) is 7.72. The fraction of sp³-hybridized carbons (Fsp3) is 0.600. The molecule has 0 amide bonds. The Morgan fingerprint density at radius 2 is 2.42 bits per heavy atom. The van der Waals surface area contributed by atoms with Crippen LogP contribution < -0.4 is 5.32 Å². The van der Waals surface area contributed by atoms with Crippen LogP contribution in [-0.4, -0.2) is 31.9 Å². The smallest absolute Gasteiger partial charge is 0.0726 e. The van der Waals surface area contributed by atoms with E-state index in [1.807, 2.05) is 12.1 Å². The highest BCUT2D eigenvalue weighted by atomic mass is 79.9. The fourth-order valence-corrected chi connectivity index (χ4v) is 2.75. The van der Waals surface area contributed by atoms with E-state index in [-0.39, 0.29) is 0 Å². The Morgan fingerprint density at radius 1 is 1.53 bits per heavy atom. The van der Waals surface area contributed by atoms with Crippen LogP contribution in [0.15, 0.2) is 28.7 Å². The summed E-state index contributed by atoms with van der Waals surface area (Å²) in [5, 5.41) is 3.46. The molecular weight excluding hydrogens is 306 g/mol. The minimum Gasteiger partial charge on any atom is -0.377 e. The first kappa shape index (κ1) is 15.0. The molecule has 3 nitrogen and oxygen atoms in total. The van der Waals surface area contributed by atoms with E-state index >= 15 is 0 Å². The van der Waals surface area contributed by atoms with Crippen molar-refractivity contribution in [3.8, 4) is 0 Å². The summed E-state index contributed by atoms with van der Waals surface area (Å²) in [7, 11) is 0. The standard InChI is InChI=1S/C15H22BrNO2/c1-12(15-6-3-8-19-15)17-7-9-18-11-13-4-2-5-14(16)10-13/h2,4-5,10,12,15,17H,3,6-9,11H2,1H3. The third-order valence-corrected chi connectivity index (χ3v) is 3.89. The lowest BCUT2D eigenvalue weighted by atomic mass is 10.1. The van der Waals surface area contributed by atoms with Crippen LogP contribution in [0.3, 0.4) is 0 Å². The summed E-state index contributed by atoms with van der Waals surface area (Å²) >= 11 is 3.46. The van der Waals surface area contributed by atoms with Gasteiger partial charge in [0.25, 0.3) is 0 Å². The van der Waals surface area contributed by atoms with Crippen molar-refractivity contribution >= 4 is 15.9 Å². The van der Waals surface area contributed by atoms with Crippen LogP contribution in [0.1, 0.15) is 25.3 Å². The molecule has 19 heavy (non-hydrogen) atoms. The van der Waals surface area contributed by atoms with Crippen LogP contribution in [0.25, 0.3) is 0 Å². The van der Waals surface area contributed by atoms with Crippen molar-refractivity contribution in [1.29, 1.82) is 0 Å². The van der Waals surface area contributed by atoms with Gasteiger partial charge in [0.1, 0.15) is 0 Å². The summed E-state index contributed by atoms with van der Waals surface area (Å²) in [4.78, 5) is 0. The second-order valence-electron chi connectivity index (χ2n) is 4.98. The monoisotopic (exact) mass is 327 g/mol. The van der Waals surface area contributed by atoms with Gasteiger partial charge < -0.3 is 14.8 Å². The van der Waals surface area contributed by atoms with Crippen molar-refractivity contribution in [2.24, 2.45) is 0 Å². The van der Waals surface area contributed by atoms with Gasteiger partial charge in [0.2, 0.25) is 0 Å². The summed E-state index contributed by atoms with van der Waals surface area (Å²) in [5.74, 6) is 0. The van der Waals surface area contributed by atoms with Gasteiger partial charge in [-0.2, -0.15) is 0 Å². The highest BCUT2D eigenvalue weighted by Gasteiger charge is 2.21. The van der Waals surface area contributed by atoms with Gasteiger partial charge in [-0.05, 0) is 37.5 Å². The van der Waals surface area contributed by atoms with Crippen molar-refractivity contribution in [1.82, 2.24) is 5.32 Å². The third kappa shape index (κ3) is 5.22. The predicted molar refractivity (Wildman–Crippen MR) is 80.2 cm³/mol. The number of nitrogens with one attached hydrogen (secondary N) is 1. The average Bonchev–Trinajstić information content (AvgIpc) is 2.92. The van der Waals surface area contributed by atoms with Gasteiger partial charge in [0.15, 0.2) is 0 Å². The number of rotatable bonds is 7. The van der Waals surface area contributed by atoms with E-state index in [1.54, 1.807) is 0 Å². The highest BCUT2D eigenvalue weighted by molar-refractivity contribution is 9.10. The van der Waals surface area contributed by atoms with Crippen LogP contribution in [0.2, 0.25) is 0 Å². The Balaban J connectivity index is 1.56. The summed E-state index contributed by atoms with van der Waals surface area (Å²) < 4.78 is 12.4. The lowest BCUT2D eigenvalue weighted by Crippen LogP contribution is -2.38. The molecule has 2 rings (SSSR count). The van der Waals surface area contributed by atoms with Crippen molar-refractivity contribution in [3.05, 3.63) is 34.3 Å². The molecule has 0 spiro atoms. The molecule has 0 saturated carbocycles. The van der Waals surface area contributed by atoms with Crippen LogP contribution >= 0.6 is 15.9 Å². The summed E-state index contributed by atoms with van der Waals surface area (Å²) in [6.07, 6.45) is 2.74. The largest absolute Gasteiger partial charge is 0.377 e. The number of ether oxygens (including phenoxy) is 2. The quantitative estimate of drug-likeness (QED) is 0.780. The molecule has 1 aliphatic rings. The van der Waals surface area contributed by atoms with Gasteiger partial charge in [-0.1, -0.05) is 28.1 Å². The molecule has 1 aromatic carbocycles. The predicted octanol–water partition coefficient (Wildman–Crippen LogP) is 3.12. The Kier molecular flexibility index (Phi) is 6.31. The highest BCUT2D eigenvalue weighted by Crippen LogP contribution is 2.15. The van der Waals surface area contributed by atoms with Crippen molar-refractivity contribution < 1.29 is 9.47 Å². The van der Waals surface area contributed by atoms with E-state index in [1.165, 1.54) is 18.4 Å². The number of hydrogen-bond acceptors (Lipinski definition) is 3. The van der Waals surface area contributed by atoms with Gasteiger partial charge >= 0.3 is 0 Å². The topological polar surface area (TPSA) is 30.5 Å². The lowest BCUT2D eigenvalue weighted by Gasteiger charge is -2.19. The van der Waals surface area contributed by atoms with Crippen molar-refractivity contribution in [3.63, 3.8) is 0 Å². The van der Waals surface area contributed by atoms with Gasteiger partial charge in [0.05, 0.1) is 19.3 Å². The molecule has 4 heteroatoms. The second-order valence-corrected chi connectivity index (χ2v) is 5.89. The van der Waals surface area contributed by atoms with Gasteiger partial charge in [-0.15, -0.1) is 0 Å². The summed E-state index contributed by atoms with van der Waals surface area (Å²) in [5.41, 5.74) is 1.20. The van der Waals surface area contributed by atoms with Crippen LogP contribution in [0.4, 0.5) is 0 Å². The van der Waals surface area contributed by atoms with E-state index < -0.39 is 0 Å². The average molecular weight is 328 g/mol. The van der Waals surface area contributed by atoms with Crippen molar-refractivity contribution in [2.75, 3.05) is 19.8 Å². The molecule has 1 heterocycles. The maximum atomic E-state index is 5.66. The van der Waals surface area contributed by atoms with E-state index in [0.717, 1.165) is 24.2 Å². The van der Waals surface area contributed by atoms with E-state index in [9.17, 15) is 0 Å². The first-order valence-electron chi connectivity index (χ1n) is 6.93. The van der Waals surface area contributed by atoms with E-state index in [0.29, 0.717) is 18.8 Å². The van der Waals surface area contributed by atoms with Crippen LogP contribution in [0.5, 0.6) is 0 Å². The zero-order chi connectivity index (χ0) is 13.5. The fourth-order valence-electron chi connectivity index (χ4n) is 2.30. The summed E-state index contributed by atoms with van der Waals surface area (Å²) in [6, 6.07) is 8.63.